The van der Waals surface area contributed by atoms with Gasteiger partial charge in [0.25, 0.3) is 0 Å². The number of benzene rings is 1. The van der Waals surface area contributed by atoms with E-state index in [1.807, 2.05) is 18.2 Å². The summed E-state index contributed by atoms with van der Waals surface area (Å²) >= 11 is 0. The number of nitrogens with zero attached hydrogens (tertiary/aromatic N) is 1. The lowest BCUT2D eigenvalue weighted by Crippen LogP contribution is -2.38. The maximum absolute atomic E-state index is 12.8. The van der Waals surface area contributed by atoms with Gasteiger partial charge in [-0.1, -0.05) is 0 Å². The van der Waals surface area contributed by atoms with E-state index in [9.17, 15) is 9.59 Å². The van der Waals surface area contributed by atoms with E-state index < -0.39 is 5.97 Å². The van der Waals surface area contributed by atoms with Crippen LogP contribution in [-0.2, 0) is 4.79 Å². The highest BCUT2D eigenvalue weighted by Crippen LogP contribution is 2.29. The SMILES string of the molecule is COc1ccc2nccc(C(=O)CC[C@@H]3CCNC[C@@H]3CC(=O)O)c2c1. The van der Waals surface area contributed by atoms with Gasteiger partial charge in [0.1, 0.15) is 5.75 Å². The summed E-state index contributed by atoms with van der Waals surface area (Å²) in [6.45, 7) is 1.59. The molecule has 6 heteroatoms. The number of piperidine rings is 1. The van der Waals surface area contributed by atoms with Crippen LogP contribution >= 0.6 is 0 Å². The Labute approximate surface area is 152 Å². The predicted molar refractivity (Wildman–Crippen MR) is 98.6 cm³/mol. The number of carboxylic acids is 1. The number of methoxy groups -OCH3 is 1. The molecule has 2 N–H and O–H groups in total. The molecular weight excluding hydrogens is 332 g/mol. The molecule has 0 amide bonds. The van der Waals surface area contributed by atoms with Crippen molar-refractivity contribution in [2.24, 2.45) is 11.8 Å². The summed E-state index contributed by atoms with van der Waals surface area (Å²) in [5.74, 6) is 0.335. The van der Waals surface area contributed by atoms with Crippen molar-refractivity contribution >= 4 is 22.7 Å². The third-order valence-corrected chi connectivity index (χ3v) is 5.19. The molecule has 1 saturated heterocycles. The molecule has 2 heterocycles. The molecule has 1 aliphatic heterocycles. The minimum absolute atomic E-state index is 0.0678. The van der Waals surface area contributed by atoms with Gasteiger partial charge < -0.3 is 15.2 Å². The zero-order valence-corrected chi connectivity index (χ0v) is 14.9. The van der Waals surface area contributed by atoms with Crippen LogP contribution < -0.4 is 10.1 Å². The summed E-state index contributed by atoms with van der Waals surface area (Å²) in [5, 5.41) is 13.1. The Morgan fingerprint density at radius 2 is 2.15 bits per heavy atom. The van der Waals surface area contributed by atoms with Gasteiger partial charge in [0.05, 0.1) is 12.6 Å². The topological polar surface area (TPSA) is 88.5 Å². The minimum atomic E-state index is -0.776. The van der Waals surface area contributed by atoms with Crippen LogP contribution in [0.1, 0.15) is 36.0 Å². The smallest absolute Gasteiger partial charge is 0.303 e. The van der Waals surface area contributed by atoms with Gasteiger partial charge in [-0.05, 0) is 62.0 Å². The average molecular weight is 356 g/mol. The number of hydrogen-bond donors (Lipinski definition) is 2. The molecule has 0 spiro atoms. The third-order valence-electron chi connectivity index (χ3n) is 5.19. The molecule has 0 radical (unpaired) electrons. The zero-order chi connectivity index (χ0) is 18.5. The Bertz CT molecular complexity index is 805. The number of Topliss-reactive ketones (excluding diaryl/α,β-unsaturated/α-hetero) is 1. The fourth-order valence-corrected chi connectivity index (χ4v) is 3.77. The highest BCUT2D eigenvalue weighted by molar-refractivity contribution is 6.07. The summed E-state index contributed by atoms with van der Waals surface area (Å²) in [4.78, 5) is 28.2. The molecule has 1 aliphatic rings. The maximum Gasteiger partial charge on any atom is 0.303 e. The number of hydrogen-bond acceptors (Lipinski definition) is 5. The summed E-state index contributed by atoms with van der Waals surface area (Å²) in [7, 11) is 1.60. The number of fused-ring (bicyclic) bond motifs is 1. The number of nitrogens with one attached hydrogen (secondary N) is 1. The van der Waals surface area contributed by atoms with E-state index in [2.05, 4.69) is 10.3 Å². The largest absolute Gasteiger partial charge is 0.497 e. The van der Waals surface area contributed by atoms with E-state index in [4.69, 9.17) is 9.84 Å². The van der Waals surface area contributed by atoms with Gasteiger partial charge in [0, 0.05) is 30.0 Å². The van der Waals surface area contributed by atoms with Crippen LogP contribution in [0, 0.1) is 11.8 Å². The van der Waals surface area contributed by atoms with E-state index >= 15 is 0 Å². The first kappa shape index (κ1) is 18.3. The van der Waals surface area contributed by atoms with Crippen molar-refractivity contribution in [3.8, 4) is 5.75 Å². The summed E-state index contributed by atoms with van der Waals surface area (Å²) in [6, 6.07) is 7.27. The number of aromatic nitrogens is 1. The number of rotatable bonds is 7. The fraction of sp³-hybridized carbons (Fsp3) is 0.450. The number of carbonyl (C=O) groups excluding carboxylic acids is 1. The molecule has 2 atom stereocenters. The molecule has 1 aromatic heterocycles. The van der Waals surface area contributed by atoms with Crippen molar-refractivity contribution in [3.05, 3.63) is 36.0 Å². The van der Waals surface area contributed by atoms with Crippen LogP contribution in [-0.4, -0.2) is 42.0 Å². The highest BCUT2D eigenvalue weighted by atomic mass is 16.5. The number of ketones is 1. The molecule has 26 heavy (non-hydrogen) atoms. The van der Waals surface area contributed by atoms with Crippen LogP contribution in [0.5, 0.6) is 5.75 Å². The Kier molecular flexibility index (Phi) is 5.83. The van der Waals surface area contributed by atoms with Gasteiger partial charge in [-0.15, -0.1) is 0 Å². The number of aliphatic carboxylic acids is 1. The predicted octanol–water partition coefficient (Wildman–Crippen LogP) is 2.91. The number of carbonyl (C=O) groups is 2. The molecule has 0 bridgehead atoms. The molecule has 1 aromatic carbocycles. The summed E-state index contributed by atoms with van der Waals surface area (Å²) in [5.41, 5.74) is 1.42. The molecule has 6 nitrogen and oxygen atoms in total. The van der Waals surface area contributed by atoms with Crippen LogP contribution in [0.25, 0.3) is 10.9 Å². The van der Waals surface area contributed by atoms with Crippen LogP contribution in [0.4, 0.5) is 0 Å². The third kappa shape index (κ3) is 4.19. The Morgan fingerprint density at radius 3 is 2.92 bits per heavy atom. The first-order chi connectivity index (χ1) is 12.6. The van der Waals surface area contributed by atoms with E-state index in [1.165, 1.54) is 0 Å². The lowest BCUT2D eigenvalue weighted by Gasteiger charge is -2.31. The summed E-state index contributed by atoms with van der Waals surface area (Å²) < 4.78 is 5.26. The maximum atomic E-state index is 12.8. The standard InChI is InChI=1S/C20H24N2O4/c1-26-15-3-4-18-17(11-15)16(7-9-22-18)19(23)5-2-13-6-8-21-12-14(13)10-20(24)25/h3-4,7,9,11,13-14,21H,2,5-6,8,10,12H2,1H3,(H,24,25)/t13-,14+/m1/s1. The van der Waals surface area contributed by atoms with Crippen molar-refractivity contribution in [1.29, 1.82) is 0 Å². The molecule has 1 fully saturated rings. The van der Waals surface area contributed by atoms with Gasteiger partial charge in [-0.25, -0.2) is 0 Å². The van der Waals surface area contributed by atoms with Gasteiger partial charge in [0.2, 0.25) is 0 Å². The van der Waals surface area contributed by atoms with Crippen LogP contribution in [0.15, 0.2) is 30.5 Å². The van der Waals surface area contributed by atoms with Crippen molar-refractivity contribution in [2.45, 2.75) is 25.7 Å². The van der Waals surface area contributed by atoms with Crippen LogP contribution in [0.3, 0.4) is 0 Å². The molecule has 2 aromatic rings. The van der Waals surface area contributed by atoms with Gasteiger partial charge in [-0.2, -0.15) is 0 Å². The minimum Gasteiger partial charge on any atom is -0.497 e. The second-order valence-electron chi connectivity index (χ2n) is 6.81. The lowest BCUT2D eigenvalue weighted by molar-refractivity contribution is -0.138. The Hall–Kier alpha value is -2.47. The second kappa shape index (κ2) is 8.27. The molecule has 0 saturated carbocycles. The molecule has 138 valence electrons. The average Bonchev–Trinajstić information content (AvgIpc) is 2.65. The van der Waals surface area contributed by atoms with Gasteiger partial charge in [-0.3, -0.25) is 14.6 Å². The van der Waals surface area contributed by atoms with Crippen molar-refractivity contribution in [1.82, 2.24) is 10.3 Å². The molecule has 0 aliphatic carbocycles. The number of carboxylic acid groups (broad SMARTS) is 1. The second-order valence-corrected chi connectivity index (χ2v) is 6.81. The lowest BCUT2D eigenvalue weighted by atomic mass is 9.80. The Morgan fingerprint density at radius 1 is 1.31 bits per heavy atom. The monoisotopic (exact) mass is 356 g/mol. The number of ether oxygens (including phenoxy) is 1. The van der Waals surface area contributed by atoms with Gasteiger partial charge in [0.15, 0.2) is 5.78 Å². The molecular formula is C20H24N2O4. The first-order valence-electron chi connectivity index (χ1n) is 8.97. The van der Waals surface area contributed by atoms with Gasteiger partial charge >= 0.3 is 5.97 Å². The van der Waals surface area contributed by atoms with E-state index in [-0.39, 0.29) is 24.0 Å². The normalized spacial score (nSPS) is 20.0. The van der Waals surface area contributed by atoms with Crippen molar-refractivity contribution in [2.75, 3.05) is 20.2 Å². The van der Waals surface area contributed by atoms with E-state index in [1.54, 1.807) is 19.4 Å². The molecule has 3 rings (SSSR count). The summed E-state index contributed by atoms with van der Waals surface area (Å²) in [6.07, 6.45) is 3.85. The van der Waals surface area contributed by atoms with Crippen LogP contribution in [0.2, 0.25) is 0 Å². The zero-order valence-electron chi connectivity index (χ0n) is 14.9. The highest BCUT2D eigenvalue weighted by Gasteiger charge is 2.27. The van der Waals surface area contributed by atoms with E-state index in [0.717, 1.165) is 23.9 Å². The van der Waals surface area contributed by atoms with Crippen molar-refractivity contribution < 1.29 is 19.4 Å². The van der Waals surface area contributed by atoms with E-state index in [0.29, 0.717) is 30.7 Å². The fourth-order valence-electron chi connectivity index (χ4n) is 3.77. The molecule has 0 unspecified atom stereocenters. The van der Waals surface area contributed by atoms with Crippen molar-refractivity contribution in [3.63, 3.8) is 0 Å². The number of pyridine rings is 1. The quantitative estimate of drug-likeness (QED) is 0.742. The Balaban J connectivity index is 1.73. The first-order valence-corrected chi connectivity index (χ1v) is 8.97.